The number of benzene rings is 1. The van der Waals surface area contributed by atoms with Crippen molar-refractivity contribution in [3.8, 4) is 0 Å². The van der Waals surface area contributed by atoms with Gasteiger partial charge in [-0.3, -0.25) is 9.59 Å². The highest BCUT2D eigenvalue weighted by atomic mass is 32.2. The van der Waals surface area contributed by atoms with E-state index in [0.29, 0.717) is 0 Å². The molecular weight excluding hydrogens is 331 g/mol. The summed E-state index contributed by atoms with van der Waals surface area (Å²) >= 11 is 0. The fourth-order valence-corrected chi connectivity index (χ4v) is 3.95. The van der Waals surface area contributed by atoms with Crippen molar-refractivity contribution < 1.29 is 32.6 Å². The zero-order valence-electron chi connectivity index (χ0n) is 11.8. The fourth-order valence-electron chi connectivity index (χ4n) is 2.31. The molecule has 8 nitrogen and oxygen atoms in total. The van der Waals surface area contributed by atoms with Crippen LogP contribution in [-0.2, 0) is 19.6 Å². The Balaban J connectivity index is 2.25. The number of carbonyl (C=O) groups excluding carboxylic acids is 1. The van der Waals surface area contributed by atoms with Crippen molar-refractivity contribution in [3.63, 3.8) is 0 Å². The molecule has 1 heterocycles. The molecule has 0 bridgehead atoms. The number of carboxylic acids is 1. The number of hydrogen-bond acceptors (Lipinski definition) is 5. The Kier molecular flexibility index (Phi) is 4.97. The Hall–Kier alpha value is -2.04. The zero-order valence-corrected chi connectivity index (χ0v) is 12.7. The minimum absolute atomic E-state index is 0.147. The molecule has 3 N–H and O–H groups in total. The summed E-state index contributed by atoms with van der Waals surface area (Å²) in [5.74, 6) is -2.69. The standard InChI is InChI=1S/C13H15FN2O6S/c14-8-1-3-10(4-2-8)23(21,22)16-7-9(17)5-11(16)13(20)15-6-12(18)19/h1-4,9,11,17H,5-7H2,(H,15,20)(H,18,19)/t9-,11-/m0/s1. The second kappa shape index (κ2) is 6.60. The van der Waals surface area contributed by atoms with Gasteiger partial charge in [-0.1, -0.05) is 0 Å². The van der Waals surface area contributed by atoms with E-state index in [1.807, 2.05) is 0 Å². The topological polar surface area (TPSA) is 124 Å². The van der Waals surface area contributed by atoms with Gasteiger partial charge in [0.2, 0.25) is 15.9 Å². The number of carboxylic acid groups (broad SMARTS) is 1. The molecule has 1 saturated heterocycles. The number of sulfonamides is 1. The normalized spacial score (nSPS) is 22.0. The first-order valence-corrected chi connectivity index (χ1v) is 8.11. The first-order valence-electron chi connectivity index (χ1n) is 6.67. The van der Waals surface area contributed by atoms with Gasteiger partial charge >= 0.3 is 5.97 Å². The molecule has 0 aliphatic carbocycles. The maximum atomic E-state index is 12.9. The van der Waals surface area contributed by atoms with Gasteiger partial charge in [0.15, 0.2) is 0 Å². The van der Waals surface area contributed by atoms with Crippen LogP contribution in [0.1, 0.15) is 6.42 Å². The summed E-state index contributed by atoms with van der Waals surface area (Å²) in [6, 6.07) is 2.83. The molecule has 0 unspecified atom stereocenters. The number of hydrogen-bond donors (Lipinski definition) is 3. The van der Waals surface area contributed by atoms with E-state index in [2.05, 4.69) is 5.32 Å². The van der Waals surface area contributed by atoms with Crippen LogP contribution in [0.4, 0.5) is 4.39 Å². The van der Waals surface area contributed by atoms with E-state index < -0.39 is 46.4 Å². The average molecular weight is 346 g/mol. The van der Waals surface area contributed by atoms with Crippen LogP contribution in [0.2, 0.25) is 0 Å². The lowest BCUT2D eigenvalue weighted by molar-refractivity contribution is -0.138. The monoisotopic (exact) mass is 346 g/mol. The number of amides is 1. The molecule has 0 aromatic heterocycles. The number of aliphatic hydroxyl groups excluding tert-OH is 1. The molecule has 1 fully saturated rings. The van der Waals surface area contributed by atoms with E-state index in [4.69, 9.17) is 5.11 Å². The van der Waals surface area contributed by atoms with E-state index in [0.717, 1.165) is 28.6 Å². The van der Waals surface area contributed by atoms with Crippen LogP contribution in [0.3, 0.4) is 0 Å². The number of aliphatic carboxylic acids is 1. The average Bonchev–Trinajstić information content (AvgIpc) is 2.88. The highest BCUT2D eigenvalue weighted by Crippen LogP contribution is 2.26. The highest BCUT2D eigenvalue weighted by Gasteiger charge is 2.43. The molecule has 0 saturated carbocycles. The third-order valence-corrected chi connectivity index (χ3v) is 5.26. The van der Waals surface area contributed by atoms with Gasteiger partial charge in [-0.05, 0) is 24.3 Å². The maximum Gasteiger partial charge on any atom is 0.322 e. The van der Waals surface area contributed by atoms with Crippen LogP contribution < -0.4 is 5.32 Å². The number of β-amino-alcohol motifs (C(OH)–C–C–N with tert-alkyl or cyclic N) is 1. The van der Waals surface area contributed by atoms with Crippen LogP contribution in [-0.4, -0.2) is 60.0 Å². The van der Waals surface area contributed by atoms with E-state index in [1.54, 1.807) is 0 Å². The van der Waals surface area contributed by atoms with Crippen molar-refractivity contribution in [1.29, 1.82) is 0 Å². The Labute approximate surface area is 131 Å². The predicted octanol–water partition coefficient (Wildman–Crippen LogP) is -0.850. The van der Waals surface area contributed by atoms with Crippen molar-refractivity contribution in [2.24, 2.45) is 0 Å². The minimum Gasteiger partial charge on any atom is -0.480 e. The van der Waals surface area contributed by atoms with Crippen molar-refractivity contribution in [3.05, 3.63) is 30.1 Å². The van der Waals surface area contributed by atoms with Gasteiger partial charge in [-0.15, -0.1) is 0 Å². The third kappa shape index (κ3) is 3.84. The molecule has 1 amide bonds. The molecule has 1 aromatic rings. The van der Waals surface area contributed by atoms with E-state index in [9.17, 15) is 27.5 Å². The third-order valence-electron chi connectivity index (χ3n) is 3.37. The first kappa shape index (κ1) is 17.3. The van der Waals surface area contributed by atoms with Crippen LogP contribution in [0.25, 0.3) is 0 Å². The Morgan fingerprint density at radius 3 is 2.48 bits per heavy atom. The first-order chi connectivity index (χ1) is 10.7. The molecule has 1 aliphatic heterocycles. The van der Waals surface area contributed by atoms with Crippen molar-refractivity contribution in [2.75, 3.05) is 13.1 Å². The van der Waals surface area contributed by atoms with Crippen LogP contribution in [0.15, 0.2) is 29.2 Å². The lowest BCUT2D eigenvalue weighted by Crippen LogP contribution is -2.46. The molecule has 10 heteroatoms. The van der Waals surface area contributed by atoms with Crippen LogP contribution in [0.5, 0.6) is 0 Å². The quantitative estimate of drug-likeness (QED) is 0.638. The second-order valence-corrected chi connectivity index (χ2v) is 6.94. The summed E-state index contributed by atoms with van der Waals surface area (Å²) in [4.78, 5) is 22.3. The molecule has 0 spiro atoms. The highest BCUT2D eigenvalue weighted by molar-refractivity contribution is 7.89. The Morgan fingerprint density at radius 1 is 1.30 bits per heavy atom. The van der Waals surface area contributed by atoms with E-state index in [1.165, 1.54) is 0 Å². The molecule has 1 aliphatic rings. The van der Waals surface area contributed by atoms with Gasteiger partial charge in [-0.2, -0.15) is 4.31 Å². The van der Waals surface area contributed by atoms with Crippen molar-refractivity contribution in [2.45, 2.75) is 23.5 Å². The number of nitrogens with one attached hydrogen (secondary N) is 1. The number of aliphatic hydroxyl groups is 1. The minimum atomic E-state index is -4.12. The predicted molar refractivity (Wildman–Crippen MR) is 75.3 cm³/mol. The van der Waals surface area contributed by atoms with Crippen LogP contribution in [0, 0.1) is 5.82 Å². The summed E-state index contributed by atoms with van der Waals surface area (Å²) in [6.07, 6.45) is -1.20. The molecule has 126 valence electrons. The van der Waals surface area contributed by atoms with E-state index >= 15 is 0 Å². The Morgan fingerprint density at radius 2 is 1.91 bits per heavy atom. The van der Waals surface area contributed by atoms with Crippen molar-refractivity contribution >= 4 is 21.9 Å². The lowest BCUT2D eigenvalue weighted by atomic mass is 10.2. The van der Waals surface area contributed by atoms with E-state index in [-0.39, 0.29) is 17.9 Å². The van der Waals surface area contributed by atoms with Gasteiger partial charge in [0, 0.05) is 13.0 Å². The van der Waals surface area contributed by atoms with Crippen LogP contribution >= 0.6 is 0 Å². The molecule has 0 radical (unpaired) electrons. The molecule has 2 atom stereocenters. The van der Waals surface area contributed by atoms with Crippen molar-refractivity contribution in [1.82, 2.24) is 9.62 Å². The fraction of sp³-hybridized carbons (Fsp3) is 0.385. The lowest BCUT2D eigenvalue weighted by Gasteiger charge is -2.22. The number of halogens is 1. The molecule has 1 aromatic carbocycles. The number of rotatable bonds is 5. The zero-order chi connectivity index (χ0) is 17.2. The maximum absolute atomic E-state index is 12.9. The van der Waals surface area contributed by atoms with Gasteiger partial charge < -0.3 is 15.5 Å². The van der Waals surface area contributed by atoms with Gasteiger partial charge in [0.05, 0.1) is 11.0 Å². The summed E-state index contributed by atoms with van der Waals surface area (Å²) in [6.45, 7) is -0.958. The molecular formula is C13H15FN2O6S. The largest absolute Gasteiger partial charge is 0.480 e. The number of carbonyl (C=O) groups is 2. The molecule has 2 rings (SSSR count). The summed E-state index contributed by atoms with van der Waals surface area (Å²) in [5, 5.41) is 20.3. The SMILES string of the molecule is O=C(O)CNC(=O)[C@@H]1C[C@H](O)CN1S(=O)(=O)c1ccc(F)cc1. The smallest absolute Gasteiger partial charge is 0.322 e. The second-order valence-electron chi connectivity index (χ2n) is 5.05. The summed E-state index contributed by atoms with van der Waals surface area (Å²) in [5.41, 5.74) is 0. The Bertz CT molecular complexity index is 706. The van der Waals surface area contributed by atoms with Gasteiger partial charge in [0.1, 0.15) is 18.4 Å². The van der Waals surface area contributed by atoms with Gasteiger partial charge in [-0.25, -0.2) is 12.8 Å². The molecule has 23 heavy (non-hydrogen) atoms. The summed E-state index contributed by atoms with van der Waals surface area (Å²) < 4.78 is 38.8. The van der Waals surface area contributed by atoms with Gasteiger partial charge in [0.25, 0.3) is 0 Å². The summed E-state index contributed by atoms with van der Waals surface area (Å²) in [7, 11) is -4.12. The number of nitrogens with zero attached hydrogens (tertiary/aromatic N) is 1.